The molecule has 1 heteroatoms. The Labute approximate surface area is 72.8 Å². The number of hydrogen-bond donors (Lipinski definition) is 0. The van der Waals surface area contributed by atoms with E-state index in [0.717, 1.165) is 11.1 Å². The van der Waals surface area contributed by atoms with Gasteiger partial charge in [-0.25, -0.2) is 4.39 Å². The monoisotopic (exact) mass is 164 g/mol. The van der Waals surface area contributed by atoms with E-state index in [0.29, 0.717) is 0 Å². The molecule has 0 radical (unpaired) electrons. The van der Waals surface area contributed by atoms with E-state index in [1.807, 2.05) is 32.1 Å². The molecule has 0 saturated heterocycles. The predicted molar refractivity (Wildman–Crippen MR) is 50.7 cm³/mol. The van der Waals surface area contributed by atoms with Crippen molar-refractivity contribution < 1.29 is 4.39 Å². The van der Waals surface area contributed by atoms with Crippen LogP contribution in [0.4, 0.5) is 4.39 Å². The van der Waals surface area contributed by atoms with Gasteiger partial charge in [0.2, 0.25) is 0 Å². The minimum absolute atomic E-state index is 0.961. The second-order valence-electron chi connectivity index (χ2n) is 2.99. The highest BCUT2D eigenvalue weighted by Crippen LogP contribution is 2.09. The second-order valence-corrected chi connectivity index (χ2v) is 2.99. The first-order chi connectivity index (χ1) is 5.68. The van der Waals surface area contributed by atoms with E-state index in [9.17, 15) is 4.39 Å². The maximum Gasteiger partial charge on any atom is 0.137 e. The van der Waals surface area contributed by atoms with Gasteiger partial charge in [-0.2, -0.15) is 0 Å². The summed E-state index contributed by atoms with van der Waals surface area (Å²) in [5.41, 5.74) is 2.11. The highest BCUT2D eigenvalue weighted by atomic mass is 19.1. The van der Waals surface area contributed by atoms with E-state index in [-0.39, 0.29) is 0 Å². The first-order valence-corrected chi connectivity index (χ1v) is 4.04. The average Bonchev–Trinajstić information content (AvgIpc) is 2.01. The Morgan fingerprint density at radius 3 is 2.67 bits per heavy atom. The fraction of sp³-hybridized carbons (Fsp3) is 0.273. The smallest absolute Gasteiger partial charge is 0.137 e. The van der Waals surface area contributed by atoms with Crippen LogP contribution >= 0.6 is 0 Å². The summed E-state index contributed by atoms with van der Waals surface area (Å²) >= 11 is 0. The van der Waals surface area contributed by atoms with Crippen LogP contribution in [0.25, 0.3) is 0 Å². The van der Waals surface area contributed by atoms with E-state index < -0.39 is 6.17 Å². The van der Waals surface area contributed by atoms with Crippen molar-refractivity contribution in [3.8, 4) is 0 Å². The first kappa shape index (κ1) is 8.98. The normalized spacial score (nSPS) is 37.8. The van der Waals surface area contributed by atoms with E-state index in [1.165, 1.54) is 6.08 Å². The van der Waals surface area contributed by atoms with Crippen molar-refractivity contribution in [2.24, 2.45) is 0 Å². The Morgan fingerprint density at radius 2 is 1.92 bits per heavy atom. The van der Waals surface area contributed by atoms with Gasteiger partial charge in [-0.1, -0.05) is 35.5 Å². The number of rotatable bonds is 0. The SMILES string of the molecule is CC1=C/C(C)=C/C(F)/C=C/C=C\1. The molecule has 0 aromatic carbocycles. The van der Waals surface area contributed by atoms with Gasteiger partial charge in [-0.3, -0.25) is 0 Å². The third kappa shape index (κ3) is 2.87. The summed E-state index contributed by atoms with van der Waals surface area (Å²) in [7, 11) is 0. The summed E-state index contributed by atoms with van der Waals surface area (Å²) in [6, 6.07) is 0. The molecule has 0 heterocycles. The fourth-order valence-corrected chi connectivity index (χ4v) is 1.14. The van der Waals surface area contributed by atoms with Crippen LogP contribution in [0.3, 0.4) is 0 Å². The highest BCUT2D eigenvalue weighted by Gasteiger charge is 1.96. The largest absolute Gasteiger partial charge is 0.238 e. The highest BCUT2D eigenvalue weighted by molar-refractivity contribution is 5.32. The molecule has 1 aliphatic rings. The van der Waals surface area contributed by atoms with Crippen LogP contribution in [0.1, 0.15) is 13.8 Å². The van der Waals surface area contributed by atoms with Crippen LogP contribution in [-0.4, -0.2) is 6.17 Å². The van der Waals surface area contributed by atoms with Crippen LogP contribution in [0.5, 0.6) is 0 Å². The summed E-state index contributed by atoms with van der Waals surface area (Å²) in [4.78, 5) is 0. The molecule has 0 N–H and O–H groups in total. The van der Waals surface area contributed by atoms with Crippen molar-refractivity contribution in [1.29, 1.82) is 0 Å². The van der Waals surface area contributed by atoms with Gasteiger partial charge in [-0.05, 0) is 26.0 Å². The Hall–Kier alpha value is -1.11. The zero-order valence-electron chi connectivity index (χ0n) is 7.42. The molecule has 0 aromatic rings. The van der Waals surface area contributed by atoms with E-state index in [4.69, 9.17) is 0 Å². The number of halogens is 1. The summed E-state index contributed by atoms with van der Waals surface area (Å²) in [5, 5.41) is 0. The zero-order chi connectivity index (χ0) is 8.97. The summed E-state index contributed by atoms with van der Waals surface area (Å²) in [6.07, 6.45) is 9.69. The van der Waals surface area contributed by atoms with E-state index >= 15 is 0 Å². The molecule has 1 unspecified atom stereocenters. The zero-order valence-corrected chi connectivity index (χ0v) is 7.42. The molecule has 0 fully saturated rings. The maximum absolute atomic E-state index is 13.0. The van der Waals surface area contributed by atoms with Gasteiger partial charge < -0.3 is 0 Å². The van der Waals surface area contributed by atoms with Gasteiger partial charge in [0.15, 0.2) is 0 Å². The van der Waals surface area contributed by atoms with Gasteiger partial charge in [0.25, 0.3) is 0 Å². The molecule has 0 aromatic heterocycles. The van der Waals surface area contributed by atoms with Crippen LogP contribution < -0.4 is 0 Å². The van der Waals surface area contributed by atoms with Crippen LogP contribution in [0.15, 0.2) is 47.6 Å². The van der Waals surface area contributed by atoms with Crippen LogP contribution in [-0.2, 0) is 0 Å². The summed E-state index contributed by atoms with van der Waals surface area (Å²) < 4.78 is 13.0. The third-order valence-corrected chi connectivity index (χ3v) is 1.64. The molecule has 0 spiro atoms. The maximum atomic E-state index is 13.0. The Morgan fingerprint density at radius 1 is 1.17 bits per heavy atom. The Kier molecular flexibility index (Phi) is 3.03. The molecule has 0 aliphatic heterocycles. The van der Waals surface area contributed by atoms with Gasteiger partial charge in [0.05, 0.1) is 0 Å². The van der Waals surface area contributed by atoms with Crippen molar-refractivity contribution >= 4 is 0 Å². The van der Waals surface area contributed by atoms with Crippen molar-refractivity contribution in [1.82, 2.24) is 0 Å². The number of hydrogen-bond acceptors (Lipinski definition) is 0. The predicted octanol–water partition coefficient (Wildman–Crippen LogP) is 3.34. The Balaban J connectivity index is 2.95. The molecule has 0 amide bonds. The molecule has 12 heavy (non-hydrogen) atoms. The minimum atomic E-state index is -0.961. The third-order valence-electron chi connectivity index (χ3n) is 1.64. The lowest BCUT2D eigenvalue weighted by Gasteiger charge is -1.95. The van der Waals surface area contributed by atoms with Crippen molar-refractivity contribution in [2.75, 3.05) is 0 Å². The van der Waals surface area contributed by atoms with Crippen molar-refractivity contribution in [3.63, 3.8) is 0 Å². The topological polar surface area (TPSA) is 0 Å². The van der Waals surface area contributed by atoms with Crippen molar-refractivity contribution in [2.45, 2.75) is 20.0 Å². The van der Waals surface area contributed by atoms with Gasteiger partial charge in [0.1, 0.15) is 6.17 Å². The quantitative estimate of drug-likeness (QED) is 0.515. The van der Waals surface area contributed by atoms with Gasteiger partial charge >= 0.3 is 0 Å². The lowest BCUT2D eigenvalue weighted by Crippen LogP contribution is -1.88. The average molecular weight is 164 g/mol. The summed E-state index contributed by atoms with van der Waals surface area (Å²) in [6.45, 7) is 3.91. The molecule has 0 bridgehead atoms. The lowest BCUT2D eigenvalue weighted by atomic mass is 10.1. The first-order valence-electron chi connectivity index (χ1n) is 4.04. The molecule has 1 atom stereocenters. The molecular formula is C11H13F. The van der Waals surface area contributed by atoms with Gasteiger partial charge in [-0.15, -0.1) is 0 Å². The lowest BCUT2D eigenvalue weighted by molar-refractivity contribution is 0.468. The van der Waals surface area contributed by atoms with Crippen LogP contribution in [0.2, 0.25) is 0 Å². The van der Waals surface area contributed by atoms with E-state index in [2.05, 4.69) is 0 Å². The Bertz CT molecular complexity index is 267. The fourth-order valence-electron chi connectivity index (χ4n) is 1.14. The molecule has 0 saturated carbocycles. The minimum Gasteiger partial charge on any atom is -0.238 e. The second kappa shape index (κ2) is 4.05. The van der Waals surface area contributed by atoms with E-state index in [1.54, 1.807) is 12.2 Å². The summed E-state index contributed by atoms with van der Waals surface area (Å²) in [5.74, 6) is 0. The number of alkyl halides is 1. The van der Waals surface area contributed by atoms with Crippen molar-refractivity contribution in [3.05, 3.63) is 47.6 Å². The molecule has 1 rings (SSSR count). The van der Waals surface area contributed by atoms with Gasteiger partial charge in [0, 0.05) is 0 Å². The number of allylic oxidation sites excluding steroid dienone is 8. The molecule has 0 nitrogen and oxygen atoms in total. The molecule has 64 valence electrons. The molecular weight excluding hydrogens is 151 g/mol. The van der Waals surface area contributed by atoms with Crippen LogP contribution in [0, 0.1) is 0 Å². The molecule has 1 aliphatic carbocycles. The standard InChI is InChI=1S/C11H13F/c1-9-5-3-4-6-11(12)8-10(2)7-9/h3-8,11H,1-2H3/b5-3-,6-4+,9-7-,10-8+.